The van der Waals surface area contributed by atoms with Crippen LogP contribution in [0, 0.1) is 0 Å². The van der Waals surface area contributed by atoms with Gasteiger partial charge in [-0.05, 0) is 22.6 Å². The molecule has 1 aromatic rings. The Morgan fingerprint density at radius 2 is 2.07 bits per heavy atom. The summed E-state index contributed by atoms with van der Waals surface area (Å²) >= 11 is 1.97. The van der Waals surface area contributed by atoms with Crippen LogP contribution in [0.4, 0.5) is 0 Å². The third-order valence-electron chi connectivity index (χ3n) is 2.13. The first-order chi connectivity index (χ1) is 6.58. The highest BCUT2D eigenvalue weighted by Crippen LogP contribution is 2.38. The first-order valence-electron chi connectivity index (χ1n) is 4.11. The number of benzene rings is 1. The van der Waals surface area contributed by atoms with Crippen LogP contribution in [0.15, 0.2) is 12.1 Å². The zero-order chi connectivity index (χ0) is 10.3. The Bertz CT molecular complexity index is 366. The van der Waals surface area contributed by atoms with Crippen LogP contribution >= 0.6 is 22.6 Å². The summed E-state index contributed by atoms with van der Waals surface area (Å²) in [4.78, 5) is 0. The molecule has 0 aromatic heterocycles. The van der Waals surface area contributed by atoms with E-state index in [1.165, 1.54) is 12.1 Å². The molecular formula is C9H9IO4. The highest BCUT2D eigenvalue weighted by molar-refractivity contribution is 14.1. The molecule has 0 radical (unpaired) electrons. The molecule has 1 heterocycles. The number of phenolic OH excluding ortho intramolecular Hbond substituents is 2. The van der Waals surface area contributed by atoms with Crippen LogP contribution in [-0.4, -0.2) is 25.5 Å². The topological polar surface area (TPSA) is 69.9 Å². The molecule has 1 aliphatic heterocycles. The van der Waals surface area contributed by atoms with Crippen molar-refractivity contribution in [1.29, 1.82) is 0 Å². The Morgan fingerprint density at radius 3 is 2.79 bits per heavy atom. The van der Waals surface area contributed by atoms with Gasteiger partial charge in [0.05, 0.1) is 0 Å². The third kappa shape index (κ3) is 1.61. The number of hydrogen-bond acceptors (Lipinski definition) is 4. The lowest BCUT2D eigenvalue weighted by Gasteiger charge is -2.27. The van der Waals surface area contributed by atoms with Gasteiger partial charge in [0.25, 0.3) is 0 Å². The van der Waals surface area contributed by atoms with E-state index >= 15 is 0 Å². The second kappa shape index (κ2) is 3.47. The number of fused-ring (bicyclic) bond motifs is 1. The number of aliphatic hydroxyl groups excluding tert-OH is 1. The van der Waals surface area contributed by atoms with E-state index in [1.807, 2.05) is 22.6 Å². The molecule has 14 heavy (non-hydrogen) atoms. The molecule has 1 aliphatic rings. The summed E-state index contributed by atoms with van der Waals surface area (Å²) in [6.07, 6.45) is -0.284. The van der Waals surface area contributed by atoms with Gasteiger partial charge in [-0.15, -0.1) is 0 Å². The maximum atomic E-state index is 9.51. The molecule has 0 spiro atoms. The normalized spacial score (nSPS) is 25.3. The summed E-state index contributed by atoms with van der Waals surface area (Å²) in [5.74, 6) is 0.357. The molecule has 0 amide bonds. The zero-order valence-corrected chi connectivity index (χ0v) is 9.30. The standard InChI is InChI=1S/C9H9IO4/c10-9-7(13)3-5-6(12)1-4(11)2-8(5)14-9/h1-2,7,9,11-13H,3H2/t7-,9-/m0/s1. The van der Waals surface area contributed by atoms with E-state index in [9.17, 15) is 15.3 Å². The minimum atomic E-state index is -0.626. The molecule has 76 valence electrons. The van der Waals surface area contributed by atoms with Crippen LogP contribution in [-0.2, 0) is 6.42 Å². The number of ether oxygens (including phenoxy) is 1. The van der Waals surface area contributed by atoms with Crippen molar-refractivity contribution in [2.24, 2.45) is 0 Å². The van der Waals surface area contributed by atoms with Gasteiger partial charge < -0.3 is 20.1 Å². The summed E-state index contributed by atoms with van der Waals surface area (Å²) in [7, 11) is 0. The van der Waals surface area contributed by atoms with Crippen LogP contribution in [0.5, 0.6) is 17.2 Å². The molecule has 0 unspecified atom stereocenters. The fourth-order valence-electron chi connectivity index (χ4n) is 1.43. The lowest BCUT2D eigenvalue weighted by Crippen LogP contribution is -2.32. The Morgan fingerprint density at radius 1 is 1.36 bits per heavy atom. The Kier molecular flexibility index (Phi) is 2.44. The van der Waals surface area contributed by atoms with E-state index in [2.05, 4.69) is 0 Å². The quantitative estimate of drug-likeness (QED) is 0.497. The van der Waals surface area contributed by atoms with E-state index < -0.39 is 6.10 Å². The molecule has 2 atom stereocenters. The lowest BCUT2D eigenvalue weighted by atomic mass is 10.0. The number of aliphatic hydroxyl groups is 1. The van der Waals surface area contributed by atoms with Gasteiger partial charge in [-0.2, -0.15) is 0 Å². The molecule has 5 heteroatoms. The maximum Gasteiger partial charge on any atom is 0.175 e. The largest absolute Gasteiger partial charge is 0.508 e. The Balaban J connectivity index is 2.46. The van der Waals surface area contributed by atoms with Gasteiger partial charge in [0.2, 0.25) is 0 Å². The van der Waals surface area contributed by atoms with Gasteiger partial charge in [0.1, 0.15) is 23.4 Å². The summed E-state index contributed by atoms with van der Waals surface area (Å²) in [5, 5.41) is 28.2. The molecular weight excluding hydrogens is 299 g/mol. The number of hydrogen-bond donors (Lipinski definition) is 3. The van der Waals surface area contributed by atoms with Crippen molar-refractivity contribution in [2.45, 2.75) is 16.6 Å². The first kappa shape index (κ1) is 9.85. The van der Waals surface area contributed by atoms with Crippen molar-refractivity contribution in [1.82, 2.24) is 0 Å². The van der Waals surface area contributed by atoms with Crippen molar-refractivity contribution in [3.05, 3.63) is 17.7 Å². The number of phenols is 2. The average molecular weight is 308 g/mol. The molecule has 0 fully saturated rings. The summed E-state index contributed by atoms with van der Waals surface area (Å²) in [6, 6.07) is 2.68. The molecule has 4 nitrogen and oxygen atoms in total. The summed E-state index contributed by atoms with van der Waals surface area (Å²) in [6.45, 7) is 0. The van der Waals surface area contributed by atoms with E-state index in [1.54, 1.807) is 0 Å². The van der Waals surface area contributed by atoms with Crippen molar-refractivity contribution >= 4 is 22.6 Å². The van der Waals surface area contributed by atoms with Crippen LogP contribution in [0.25, 0.3) is 0 Å². The summed E-state index contributed by atoms with van der Waals surface area (Å²) in [5.41, 5.74) is 0.545. The molecule has 0 saturated carbocycles. The average Bonchev–Trinajstić information content (AvgIpc) is 2.08. The minimum absolute atomic E-state index is 0.0395. The van der Waals surface area contributed by atoms with Crippen LogP contribution in [0.3, 0.4) is 0 Å². The molecule has 0 bridgehead atoms. The van der Waals surface area contributed by atoms with Crippen LogP contribution in [0.2, 0.25) is 0 Å². The third-order valence-corrected chi connectivity index (χ3v) is 3.21. The van der Waals surface area contributed by atoms with Gasteiger partial charge in [-0.25, -0.2) is 0 Å². The SMILES string of the molecule is Oc1cc(O)c2c(c1)O[C@H](I)[C@@H](O)C2. The van der Waals surface area contributed by atoms with Crippen molar-refractivity contribution < 1.29 is 20.1 Å². The second-order valence-electron chi connectivity index (χ2n) is 3.18. The first-order valence-corrected chi connectivity index (χ1v) is 5.36. The Labute approximate surface area is 94.3 Å². The predicted octanol–water partition coefficient (Wildman–Crippen LogP) is 1.15. The molecule has 3 N–H and O–H groups in total. The second-order valence-corrected chi connectivity index (χ2v) is 4.41. The Hall–Kier alpha value is -0.690. The molecule has 2 rings (SSSR count). The van der Waals surface area contributed by atoms with Crippen LogP contribution in [0.1, 0.15) is 5.56 Å². The van der Waals surface area contributed by atoms with Crippen LogP contribution < -0.4 is 4.74 Å². The van der Waals surface area contributed by atoms with Gasteiger partial charge in [-0.3, -0.25) is 0 Å². The van der Waals surface area contributed by atoms with E-state index in [0.717, 1.165) is 0 Å². The minimum Gasteiger partial charge on any atom is -0.508 e. The van der Waals surface area contributed by atoms with Gasteiger partial charge in [0, 0.05) is 24.1 Å². The number of halogens is 1. The van der Waals surface area contributed by atoms with E-state index in [4.69, 9.17) is 4.74 Å². The number of rotatable bonds is 0. The van der Waals surface area contributed by atoms with E-state index in [0.29, 0.717) is 17.7 Å². The van der Waals surface area contributed by atoms with Crippen molar-refractivity contribution in [3.63, 3.8) is 0 Å². The highest BCUT2D eigenvalue weighted by Gasteiger charge is 2.28. The molecule has 0 aliphatic carbocycles. The fraction of sp³-hybridized carbons (Fsp3) is 0.333. The van der Waals surface area contributed by atoms with Crippen molar-refractivity contribution in [2.75, 3.05) is 0 Å². The number of aromatic hydroxyl groups is 2. The maximum absolute atomic E-state index is 9.51. The predicted molar refractivity (Wildman–Crippen MR) is 57.9 cm³/mol. The van der Waals surface area contributed by atoms with Gasteiger partial charge >= 0.3 is 0 Å². The number of alkyl halides is 1. The smallest absolute Gasteiger partial charge is 0.175 e. The molecule has 0 saturated heterocycles. The lowest BCUT2D eigenvalue weighted by molar-refractivity contribution is 0.0795. The monoisotopic (exact) mass is 308 g/mol. The zero-order valence-electron chi connectivity index (χ0n) is 7.14. The molecule has 1 aromatic carbocycles. The fourth-order valence-corrected chi connectivity index (χ4v) is 1.96. The van der Waals surface area contributed by atoms with Gasteiger partial charge in [0.15, 0.2) is 4.11 Å². The van der Waals surface area contributed by atoms with E-state index in [-0.39, 0.29) is 15.6 Å². The van der Waals surface area contributed by atoms with Gasteiger partial charge in [-0.1, -0.05) is 0 Å². The summed E-state index contributed by atoms with van der Waals surface area (Å²) < 4.78 is 4.98. The highest BCUT2D eigenvalue weighted by atomic mass is 127. The van der Waals surface area contributed by atoms with Crippen molar-refractivity contribution in [3.8, 4) is 17.2 Å².